The van der Waals surface area contributed by atoms with E-state index in [1.165, 1.54) is 0 Å². The Hall–Kier alpha value is 1.02. The summed E-state index contributed by atoms with van der Waals surface area (Å²) < 4.78 is 4.61. The van der Waals surface area contributed by atoms with E-state index in [0.29, 0.717) is 0 Å². The SMILES string of the molecule is OC[C@@H]1CO1.[Y]. The molecule has 1 rings (SSSR count). The summed E-state index contributed by atoms with van der Waals surface area (Å²) in [5.74, 6) is 0. The molecule has 2 nitrogen and oxygen atoms in total. The largest absolute Gasteiger partial charge is 0.394 e. The standard InChI is InChI=1S/C3H6O2.Y/c4-1-3-2-5-3;/h3-4H,1-2H2;/t3-;/m1./s1. The Balaban J connectivity index is 0.000000250. The molecule has 1 aliphatic heterocycles. The van der Waals surface area contributed by atoms with E-state index in [2.05, 4.69) is 4.74 Å². The van der Waals surface area contributed by atoms with Gasteiger partial charge in [0.05, 0.1) is 13.2 Å². The van der Waals surface area contributed by atoms with Crippen molar-refractivity contribution in [3.8, 4) is 0 Å². The van der Waals surface area contributed by atoms with Gasteiger partial charge in [-0.2, -0.15) is 0 Å². The number of hydrogen-bond donors (Lipinski definition) is 1. The maximum atomic E-state index is 8.08. The normalized spacial score (nSPS) is 28.5. The van der Waals surface area contributed by atoms with Gasteiger partial charge in [-0.25, -0.2) is 0 Å². The monoisotopic (exact) mass is 163 g/mol. The summed E-state index contributed by atoms with van der Waals surface area (Å²) in [7, 11) is 0. The Morgan fingerprint density at radius 3 is 2.33 bits per heavy atom. The fourth-order valence-electron chi connectivity index (χ4n) is 0.173. The summed E-state index contributed by atoms with van der Waals surface area (Å²) in [5, 5.41) is 8.08. The molecule has 0 bridgehead atoms. The van der Waals surface area contributed by atoms with E-state index in [1.54, 1.807) is 0 Å². The number of rotatable bonds is 1. The zero-order valence-electron chi connectivity index (χ0n) is 3.42. The molecule has 3 heteroatoms. The number of ether oxygens (including phenoxy) is 1. The molecule has 0 aromatic heterocycles. The van der Waals surface area contributed by atoms with Gasteiger partial charge in [-0.3, -0.25) is 0 Å². The van der Waals surface area contributed by atoms with E-state index < -0.39 is 0 Å². The molecule has 1 saturated heterocycles. The van der Waals surface area contributed by atoms with Crippen molar-refractivity contribution in [2.75, 3.05) is 13.2 Å². The second-order valence-electron chi connectivity index (χ2n) is 1.14. The molecule has 0 spiro atoms. The zero-order valence-corrected chi connectivity index (χ0v) is 6.26. The third-order valence-corrected chi connectivity index (χ3v) is 0.606. The van der Waals surface area contributed by atoms with E-state index in [0.717, 1.165) is 6.61 Å². The zero-order chi connectivity index (χ0) is 3.70. The van der Waals surface area contributed by atoms with Crippen molar-refractivity contribution in [1.82, 2.24) is 0 Å². The van der Waals surface area contributed by atoms with Gasteiger partial charge in [-0.05, 0) is 0 Å². The van der Waals surface area contributed by atoms with Crippen molar-refractivity contribution >= 4 is 0 Å². The van der Waals surface area contributed by atoms with Gasteiger partial charge in [0.1, 0.15) is 6.10 Å². The van der Waals surface area contributed by atoms with Crippen molar-refractivity contribution in [2.45, 2.75) is 6.10 Å². The van der Waals surface area contributed by atoms with Crippen molar-refractivity contribution in [2.24, 2.45) is 0 Å². The van der Waals surface area contributed by atoms with Crippen LogP contribution in [-0.2, 0) is 37.4 Å². The van der Waals surface area contributed by atoms with Crippen LogP contribution in [0.4, 0.5) is 0 Å². The molecule has 1 heterocycles. The van der Waals surface area contributed by atoms with Gasteiger partial charge < -0.3 is 9.84 Å². The molecule has 1 radical (unpaired) electrons. The first-order valence-electron chi connectivity index (χ1n) is 1.66. The number of hydrogen-bond acceptors (Lipinski definition) is 2. The first kappa shape index (κ1) is 7.02. The molecule has 0 aromatic carbocycles. The smallest absolute Gasteiger partial charge is 0.104 e. The van der Waals surface area contributed by atoms with Gasteiger partial charge in [0.15, 0.2) is 0 Å². The molecule has 6 heavy (non-hydrogen) atoms. The third kappa shape index (κ3) is 2.24. The first-order chi connectivity index (χ1) is 2.43. The van der Waals surface area contributed by atoms with Crippen LogP contribution in [0.15, 0.2) is 0 Å². The van der Waals surface area contributed by atoms with Gasteiger partial charge >= 0.3 is 0 Å². The summed E-state index contributed by atoms with van der Waals surface area (Å²) in [5.41, 5.74) is 0. The van der Waals surface area contributed by atoms with Crippen LogP contribution in [0.5, 0.6) is 0 Å². The maximum Gasteiger partial charge on any atom is 0.104 e. The number of aliphatic hydroxyl groups excluding tert-OH is 1. The van der Waals surface area contributed by atoms with E-state index in [4.69, 9.17) is 5.11 Å². The third-order valence-electron chi connectivity index (χ3n) is 0.606. The van der Waals surface area contributed by atoms with Gasteiger partial charge in [-0.15, -0.1) is 0 Å². The van der Waals surface area contributed by atoms with E-state index in [1.807, 2.05) is 0 Å². The minimum Gasteiger partial charge on any atom is -0.394 e. The van der Waals surface area contributed by atoms with Crippen LogP contribution in [0.25, 0.3) is 0 Å². The van der Waals surface area contributed by atoms with Crippen LogP contribution in [-0.4, -0.2) is 24.4 Å². The molecule has 0 aromatic rings. The molecule has 0 aliphatic carbocycles. The second kappa shape index (κ2) is 3.08. The molecular formula is C3H6O2Y. The quantitative estimate of drug-likeness (QED) is 0.522. The Morgan fingerprint density at radius 2 is 2.33 bits per heavy atom. The maximum absolute atomic E-state index is 8.08. The Bertz CT molecular complexity index is 35.8. The molecule has 33 valence electrons. The molecule has 1 fully saturated rings. The molecule has 0 amide bonds. The van der Waals surface area contributed by atoms with Gasteiger partial charge in [0.2, 0.25) is 0 Å². The van der Waals surface area contributed by atoms with Crippen LogP contribution >= 0.6 is 0 Å². The second-order valence-corrected chi connectivity index (χ2v) is 1.14. The van der Waals surface area contributed by atoms with Crippen molar-refractivity contribution in [3.63, 3.8) is 0 Å². The van der Waals surface area contributed by atoms with Gasteiger partial charge in [0, 0.05) is 32.7 Å². The predicted molar refractivity (Wildman–Crippen MR) is 16.8 cm³/mol. The summed E-state index contributed by atoms with van der Waals surface area (Å²) in [4.78, 5) is 0. The number of aliphatic hydroxyl groups is 1. The molecule has 1 atom stereocenters. The fourth-order valence-corrected chi connectivity index (χ4v) is 0.173. The van der Waals surface area contributed by atoms with Gasteiger partial charge in [0.25, 0.3) is 0 Å². The van der Waals surface area contributed by atoms with E-state index >= 15 is 0 Å². The molecule has 1 aliphatic rings. The Morgan fingerprint density at radius 1 is 1.83 bits per heavy atom. The molecular weight excluding hydrogens is 157 g/mol. The molecule has 1 N–H and O–H groups in total. The molecule has 0 unspecified atom stereocenters. The first-order valence-corrected chi connectivity index (χ1v) is 1.66. The molecule has 0 saturated carbocycles. The fraction of sp³-hybridized carbons (Fsp3) is 1.00. The summed E-state index contributed by atoms with van der Waals surface area (Å²) >= 11 is 0. The van der Waals surface area contributed by atoms with Crippen LogP contribution in [0, 0.1) is 0 Å². The topological polar surface area (TPSA) is 32.8 Å². The predicted octanol–water partition coefficient (Wildman–Crippen LogP) is -0.625. The van der Waals surface area contributed by atoms with E-state index in [9.17, 15) is 0 Å². The van der Waals surface area contributed by atoms with Crippen LogP contribution in [0.2, 0.25) is 0 Å². The van der Waals surface area contributed by atoms with Crippen LogP contribution in [0.1, 0.15) is 0 Å². The average Bonchev–Trinajstić information content (AvgIpc) is 2.12. The van der Waals surface area contributed by atoms with Gasteiger partial charge in [-0.1, -0.05) is 0 Å². The summed E-state index contributed by atoms with van der Waals surface area (Å²) in [6.07, 6.45) is 0.190. The summed E-state index contributed by atoms with van der Waals surface area (Å²) in [6.45, 7) is 0.955. The van der Waals surface area contributed by atoms with Crippen molar-refractivity contribution in [3.05, 3.63) is 0 Å². The Labute approximate surface area is 61.8 Å². The van der Waals surface area contributed by atoms with Crippen LogP contribution in [0.3, 0.4) is 0 Å². The summed E-state index contributed by atoms with van der Waals surface area (Å²) in [6, 6.07) is 0. The average molecular weight is 163 g/mol. The number of epoxide rings is 1. The van der Waals surface area contributed by atoms with E-state index in [-0.39, 0.29) is 45.4 Å². The Kier molecular flexibility index (Phi) is 3.61. The minimum absolute atomic E-state index is 0. The minimum atomic E-state index is 0. The van der Waals surface area contributed by atoms with Crippen molar-refractivity contribution in [1.29, 1.82) is 0 Å². The van der Waals surface area contributed by atoms with Crippen molar-refractivity contribution < 1.29 is 42.6 Å². The van der Waals surface area contributed by atoms with Crippen LogP contribution < -0.4 is 0 Å².